The molecule has 6 aromatic rings. The van der Waals surface area contributed by atoms with E-state index in [1.807, 2.05) is 36.5 Å². The van der Waals surface area contributed by atoms with Crippen molar-refractivity contribution in [3.63, 3.8) is 0 Å². The fourth-order valence-electron chi connectivity index (χ4n) is 5.04. The molecule has 11 heteroatoms. The van der Waals surface area contributed by atoms with E-state index >= 15 is 0 Å². The van der Waals surface area contributed by atoms with Gasteiger partial charge in [0.25, 0.3) is 5.56 Å². The van der Waals surface area contributed by atoms with Crippen molar-refractivity contribution in [1.82, 2.24) is 44.9 Å². The Morgan fingerprint density at radius 1 is 0.854 bits per heavy atom. The van der Waals surface area contributed by atoms with Gasteiger partial charge in [-0.15, -0.1) is 5.10 Å². The zero-order valence-electron chi connectivity index (χ0n) is 22.2. The third-order valence-corrected chi connectivity index (χ3v) is 7.25. The standard InChI is InChI=1S/C30H27N9O2/c40-29-8-7-26(23-9-11-31-12-10-23)35-39(29)19-22-3-6-27-25(17-22)30(34-32-27)28-20-38(36-33-28)24-4-1-21(2-5-24)18-37-13-15-41-16-14-37/h1-12,17,20H,13-16,18-19H2,(H,32,34). The molecule has 2 aromatic carbocycles. The van der Waals surface area contributed by atoms with Crippen LogP contribution in [0.4, 0.5) is 0 Å². The molecular weight excluding hydrogens is 518 g/mol. The Hall–Kier alpha value is -5.00. The Morgan fingerprint density at radius 3 is 2.49 bits per heavy atom. The summed E-state index contributed by atoms with van der Waals surface area (Å²) in [6.07, 6.45) is 5.29. The SMILES string of the molecule is O=c1ccc(-c2ccncc2)nn1Cc1ccc2[nH]nc(-c3cn(-c4ccc(CN5CCOCC5)cc4)nn3)c2c1. The molecule has 0 radical (unpaired) electrons. The molecule has 1 aliphatic heterocycles. The van der Waals surface area contributed by atoms with Gasteiger partial charge < -0.3 is 4.74 Å². The average Bonchev–Trinajstić information content (AvgIpc) is 3.67. The Balaban J connectivity index is 1.12. The van der Waals surface area contributed by atoms with Gasteiger partial charge >= 0.3 is 0 Å². The monoisotopic (exact) mass is 545 g/mol. The molecule has 0 unspecified atom stereocenters. The smallest absolute Gasteiger partial charge is 0.267 e. The van der Waals surface area contributed by atoms with Crippen molar-refractivity contribution in [1.29, 1.82) is 0 Å². The first kappa shape index (κ1) is 25.0. The predicted octanol–water partition coefficient (Wildman–Crippen LogP) is 3.31. The Labute approximate surface area is 235 Å². The maximum absolute atomic E-state index is 12.6. The minimum atomic E-state index is -0.172. The minimum absolute atomic E-state index is 0.172. The van der Waals surface area contributed by atoms with E-state index in [1.54, 1.807) is 23.1 Å². The van der Waals surface area contributed by atoms with Gasteiger partial charge in [-0.25, -0.2) is 9.36 Å². The molecule has 0 atom stereocenters. The van der Waals surface area contributed by atoms with Crippen LogP contribution in [-0.2, 0) is 17.8 Å². The summed E-state index contributed by atoms with van der Waals surface area (Å²) >= 11 is 0. The van der Waals surface area contributed by atoms with E-state index in [4.69, 9.17) is 4.74 Å². The van der Waals surface area contributed by atoms with Gasteiger partial charge in [0.05, 0.1) is 42.9 Å². The molecule has 1 N–H and O–H groups in total. The zero-order chi connectivity index (χ0) is 27.6. The summed E-state index contributed by atoms with van der Waals surface area (Å²) in [5, 5.41) is 21.9. The zero-order valence-corrected chi connectivity index (χ0v) is 22.2. The molecule has 1 saturated heterocycles. The number of fused-ring (bicyclic) bond motifs is 1. The summed E-state index contributed by atoms with van der Waals surface area (Å²) in [5.41, 5.74) is 6.76. The van der Waals surface area contributed by atoms with Crippen LogP contribution in [0.3, 0.4) is 0 Å². The van der Waals surface area contributed by atoms with Gasteiger partial charge in [-0.05, 0) is 53.6 Å². The van der Waals surface area contributed by atoms with Crippen molar-refractivity contribution in [2.45, 2.75) is 13.1 Å². The highest BCUT2D eigenvalue weighted by atomic mass is 16.5. The Bertz CT molecular complexity index is 1850. The van der Waals surface area contributed by atoms with Crippen molar-refractivity contribution in [3.05, 3.63) is 107 Å². The van der Waals surface area contributed by atoms with E-state index in [0.717, 1.165) is 60.6 Å². The second-order valence-corrected chi connectivity index (χ2v) is 10.0. The van der Waals surface area contributed by atoms with Crippen molar-refractivity contribution < 1.29 is 4.74 Å². The van der Waals surface area contributed by atoms with Crippen LogP contribution in [0.1, 0.15) is 11.1 Å². The van der Waals surface area contributed by atoms with Gasteiger partial charge in [0.1, 0.15) is 11.4 Å². The van der Waals surface area contributed by atoms with Crippen LogP contribution in [0.15, 0.2) is 90.1 Å². The van der Waals surface area contributed by atoms with E-state index in [9.17, 15) is 4.79 Å². The maximum Gasteiger partial charge on any atom is 0.267 e. The van der Waals surface area contributed by atoms with Crippen LogP contribution >= 0.6 is 0 Å². The van der Waals surface area contributed by atoms with Gasteiger partial charge in [-0.3, -0.25) is 19.8 Å². The van der Waals surface area contributed by atoms with Gasteiger partial charge in [0, 0.05) is 49.0 Å². The molecule has 0 spiro atoms. The highest BCUT2D eigenvalue weighted by molar-refractivity contribution is 5.92. The predicted molar refractivity (Wildman–Crippen MR) is 153 cm³/mol. The lowest BCUT2D eigenvalue weighted by Crippen LogP contribution is -2.35. The number of pyridine rings is 1. The number of H-pyrrole nitrogens is 1. The van der Waals surface area contributed by atoms with E-state index < -0.39 is 0 Å². The summed E-state index contributed by atoms with van der Waals surface area (Å²) in [6.45, 7) is 4.72. The Kier molecular flexibility index (Phi) is 6.63. The van der Waals surface area contributed by atoms with Gasteiger partial charge in [0.15, 0.2) is 0 Å². The molecule has 1 fully saturated rings. The number of aromatic amines is 1. The van der Waals surface area contributed by atoms with Crippen molar-refractivity contribution >= 4 is 10.9 Å². The number of aromatic nitrogens is 8. The molecule has 11 nitrogen and oxygen atoms in total. The molecule has 7 rings (SSSR count). The third kappa shape index (κ3) is 5.28. The van der Waals surface area contributed by atoms with Gasteiger partial charge in [-0.1, -0.05) is 23.4 Å². The molecule has 4 aromatic heterocycles. The third-order valence-electron chi connectivity index (χ3n) is 7.25. The molecule has 41 heavy (non-hydrogen) atoms. The summed E-state index contributed by atoms with van der Waals surface area (Å²) in [7, 11) is 0. The van der Waals surface area contributed by atoms with Crippen molar-refractivity contribution in [3.8, 4) is 28.3 Å². The van der Waals surface area contributed by atoms with Crippen LogP contribution in [0, 0.1) is 0 Å². The molecule has 204 valence electrons. The van der Waals surface area contributed by atoms with E-state index in [2.05, 4.69) is 59.8 Å². The lowest BCUT2D eigenvalue weighted by molar-refractivity contribution is 0.0342. The second-order valence-electron chi connectivity index (χ2n) is 10.0. The normalized spacial score (nSPS) is 14.0. The first-order valence-electron chi connectivity index (χ1n) is 13.5. The number of hydrogen-bond donors (Lipinski definition) is 1. The van der Waals surface area contributed by atoms with Crippen LogP contribution in [0.5, 0.6) is 0 Å². The van der Waals surface area contributed by atoms with Crippen LogP contribution in [0.25, 0.3) is 39.2 Å². The average molecular weight is 546 g/mol. The van der Waals surface area contributed by atoms with Crippen LogP contribution < -0.4 is 5.56 Å². The first-order chi connectivity index (χ1) is 20.2. The fourth-order valence-corrected chi connectivity index (χ4v) is 5.04. The lowest BCUT2D eigenvalue weighted by atomic mass is 10.1. The number of hydrogen-bond acceptors (Lipinski definition) is 8. The highest BCUT2D eigenvalue weighted by Gasteiger charge is 2.15. The first-order valence-corrected chi connectivity index (χ1v) is 13.5. The fraction of sp³-hybridized carbons (Fsp3) is 0.200. The molecule has 5 heterocycles. The maximum atomic E-state index is 12.6. The molecule has 0 aliphatic carbocycles. The molecular formula is C30H27N9O2. The number of nitrogens with one attached hydrogen (secondary N) is 1. The van der Waals surface area contributed by atoms with Crippen molar-refractivity contribution in [2.75, 3.05) is 26.3 Å². The minimum Gasteiger partial charge on any atom is -0.379 e. The molecule has 1 aliphatic rings. The number of ether oxygens (including phenoxy) is 1. The lowest BCUT2D eigenvalue weighted by Gasteiger charge is -2.26. The summed E-state index contributed by atoms with van der Waals surface area (Å²) in [4.78, 5) is 19.1. The molecule has 0 saturated carbocycles. The largest absolute Gasteiger partial charge is 0.379 e. The molecule has 0 bridgehead atoms. The second kappa shape index (κ2) is 10.9. The number of rotatable bonds is 7. The summed E-state index contributed by atoms with van der Waals surface area (Å²) in [6, 6.07) is 21.3. The Morgan fingerprint density at radius 2 is 1.66 bits per heavy atom. The summed E-state index contributed by atoms with van der Waals surface area (Å²) in [5.74, 6) is 0. The van der Waals surface area contributed by atoms with E-state index in [-0.39, 0.29) is 5.56 Å². The van der Waals surface area contributed by atoms with Crippen molar-refractivity contribution in [2.24, 2.45) is 0 Å². The number of benzene rings is 2. The number of morpholine rings is 1. The molecule has 0 amide bonds. The van der Waals surface area contributed by atoms with Gasteiger partial charge in [0.2, 0.25) is 0 Å². The highest BCUT2D eigenvalue weighted by Crippen LogP contribution is 2.26. The van der Waals surface area contributed by atoms with Crippen LogP contribution in [0.2, 0.25) is 0 Å². The number of nitrogens with zero attached hydrogens (tertiary/aromatic N) is 8. The van der Waals surface area contributed by atoms with Gasteiger partial charge in [-0.2, -0.15) is 10.2 Å². The van der Waals surface area contributed by atoms with E-state index in [0.29, 0.717) is 23.6 Å². The quantitative estimate of drug-likeness (QED) is 0.325. The van der Waals surface area contributed by atoms with E-state index in [1.165, 1.54) is 16.3 Å². The van der Waals surface area contributed by atoms with Crippen LogP contribution in [-0.4, -0.2) is 71.2 Å². The topological polar surface area (TPSA) is 120 Å². The summed E-state index contributed by atoms with van der Waals surface area (Å²) < 4.78 is 8.67.